The second-order valence-electron chi connectivity index (χ2n) is 3.88. The highest BCUT2D eigenvalue weighted by atomic mass is 16.2. The van der Waals surface area contributed by atoms with Gasteiger partial charge in [-0.3, -0.25) is 9.69 Å². The number of imidazole rings is 1. The largest absolute Gasteiger partial charge is 0.349 e. The van der Waals surface area contributed by atoms with Crippen molar-refractivity contribution in [1.82, 2.24) is 25.5 Å². The van der Waals surface area contributed by atoms with Crippen molar-refractivity contribution in [3.05, 3.63) is 18.2 Å². The second kappa shape index (κ2) is 5.62. The van der Waals surface area contributed by atoms with E-state index in [1.807, 2.05) is 0 Å². The maximum Gasteiger partial charge on any atom is 0.234 e. The van der Waals surface area contributed by atoms with Gasteiger partial charge in [0.05, 0.1) is 25.1 Å². The van der Waals surface area contributed by atoms with Crippen LogP contribution in [0.5, 0.6) is 0 Å². The fourth-order valence-electron chi connectivity index (χ4n) is 1.70. The van der Waals surface area contributed by atoms with Gasteiger partial charge in [0.25, 0.3) is 0 Å². The molecule has 0 aliphatic carbocycles. The third-order valence-electron chi connectivity index (χ3n) is 2.61. The number of amides is 1. The highest BCUT2D eigenvalue weighted by Gasteiger charge is 2.12. The van der Waals surface area contributed by atoms with Crippen LogP contribution in [0.4, 0.5) is 0 Å². The molecule has 16 heavy (non-hydrogen) atoms. The highest BCUT2D eigenvalue weighted by Crippen LogP contribution is 1.93. The van der Waals surface area contributed by atoms with Crippen molar-refractivity contribution in [2.45, 2.75) is 6.54 Å². The van der Waals surface area contributed by atoms with Gasteiger partial charge in [-0.25, -0.2) is 4.98 Å². The molecule has 0 saturated carbocycles. The van der Waals surface area contributed by atoms with Gasteiger partial charge in [-0.05, 0) is 0 Å². The van der Waals surface area contributed by atoms with Crippen molar-refractivity contribution in [3.8, 4) is 0 Å². The molecule has 1 fully saturated rings. The molecule has 1 aromatic heterocycles. The molecule has 2 rings (SSSR count). The first-order chi connectivity index (χ1) is 7.84. The van der Waals surface area contributed by atoms with E-state index in [4.69, 9.17) is 0 Å². The number of hydrogen-bond acceptors (Lipinski definition) is 4. The number of aromatic amines is 1. The molecule has 0 radical (unpaired) electrons. The summed E-state index contributed by atoms with van der Waals surface area (Å²) >= 11 is 0. The van der Waals surface area contributed by atoms with Gasteiger partial charge in [0, 0.05) is 32.4 Å². The van der Waals surface area contributed by atoms with Gasteiger partial charge in [-0.2, -0.15) is 0 Å². The van der Waals surface area contributed by atoms with Crippen molar-refractivity contribution >= 4 is 5.91 Å². The SMILES string of the molecule is O=C(CN1CCNCC1)NCc1cnc[nH]1. The number of carbonyl (C=O) groups is 1. The lowest BCUT2D eigenvalue weighted by Gasteiger charge is -2.26. The summed E-state index contributed by atoms with van der Waals surface area (Å²) in [4.78, 5) is 20.6. The van der Waals surface area contributed by atoms with Gasteiger partial charge in [0.15, 0.2) is 0 Å². The van der Waals surface area contributed by atoms with Crippen molar-refractivity contribution in [2.24, 2.45) is 0 Å². The monoisotopic (exact) mass is 223 g/mol. The average molecular weight is 223 g/mol. The number of hydrogen-bond donors (Lipinski definition) is 3. The lowest BCUT2D eigenvalue weighted by atomic mass is 10.3. The minimum Gasteiger partial charge on any atom is -0.349 e. The summed E-state index contributed by atoms with van der Waals surface area (Å²) in [5.74, 6) is 0.0662. The predicted molar refractivity (Wildman–Crippen MR) is 59.7 cm³/mol. The first-order valence-electron chi connectivity index (χ1n) is 5.51. The van der Waals surface area contributed by atoms with Crippen LogP contribution in [-0.4, -0.2) is 53.5 Å². The van der Waals surface area contributed by atoms with E-state index in [2.05, 4.69) is 25.5 Å². The molecule has 2 heterocycles. The molecule has 0 aromatic carbocycles. The van der Waals surface area contributed by atoms with E-state index in [1.54, 1.807) is 12.5 Å². The van der Waals surface area contributed by atoms with Crippen LogP contribution in [0.25, 0.3) is 0 Å². The number of nitrogens with one attached hydrogen (secondary N) is 3. The van der Waals surface area contributed by atoms with E-state index in [9.17, 15) is 4.79 Å². The Morgan fingerprint density at radius 1 is 1.50 bits per heavy atom. The number of rotatable bonds is 4. The summed E-state index contributed by atoms with van der Waals surface area (Å²) in [5, 5.41) is 6.12. The van der Waals surface area contributed by atoms with E-state index in [0.717, 1.165) is 31.9 Å². The molecule has 1 aliphatic rings. The molecule has 1 aromatic rings. The zero-order chi connectivity index (χ0) is 11.2. The van der Waals surface area contributed by atoms with E-state index >= 15 is 0 Å². The Morgan fingerprint density at radius 3 is 3.00 bits per heavy atom. The summed E-state index contributed by atoms with van der Waals surface area (Å²) in [6, 6.07) is 0. The van der Waals surface area contributed by atoms with Crippen LogP contribution in [0, 0.1) is 0 Å². The van der Waals surface area contributed by atoms with E-state index in [0.29, 0.717) is 13.1 Å². The maximum atomic E-state index is 11.6. The zero-order valence-electron chi connectivity index (χ0n) is 9.20. The predicted octanol–water partition coefficient (Wildman–Crippen LogP) is -1.07. The molecule has 0 spiro atoms. The number of aromatic nitrogens is 2. The van der Waals surface area contributed by atoms with Crippen molar-refractivity contribution in [1.29, 1.82) is 0 Å². The van der Waals surface area contributed by atoms with Gasteiger partial charge < -0.3 is 15.6 Å². The van der Waals surface area contributed by atoms with Gasteiger partial charge >= 0.3 is 0 Å². The second-order valence-corrected chi connectivity index (χ2v) is 3.88. The van der Waals surface area contributed by atoms with Gasteiger partial charge in [0.1, 0.15) is 0 Å². The number of carbonyl (C=O) groups excluding carboxylic acids is 1. The molecule has 6 nitrogen and oxygen atoms in total. The summed E-state index contributed by atoms with van der Waals surface area (Å²) < 4.78 is 0. The topological polar surface area (TPSA) is 73.1 Å². The summed E-state index contributed by atoms with van der Waals surface area (Å²) in [7, 11) is 0. The van der Waals surface area contributed by atoms with Crippen LogP contribution in [0.2, 0.25) is 0 Å². The molecule has 0 unspecified atom stereocenters. The molecule has 0 bridgehead atoms. The minimum absolute atomic E-state index is 0.0662. The maximum absolute atomic E-state index is 11.6. The van der Waals surface area contributed by atoms with Crippen LogP contribution in [0.1, 0.15) is 5.69 Å². The minimum atomic E-state index is 0.0662. The van der Waals surface area contributed by atoms with Crippen LogP contribution in [-0.2, 0) is 11.3 Å². The molecule has 0 atom stereocenters. The van der Waals surface area contributed by atoms with E-state index in [1.165, 1.54) is 0 Å². The Hall–Kier alpha value is -1.40. The molecule has 1 saturated heterocycles. The third kappa shape index (κ3) is 3.32. The summed E-state index contributed by atoms with van der Waals surface area (Å²) in [6.45, 7) is 4.82. The normalized spacial score (nSPS) is 17.2. The molecular formula is C10H17N5O. The van der Waals surface area contributed by atoms with Crippen molar-refractivity contribution in [2.75, 3.05) is 32.7 Å². The van der Waals surface area contributed by atoms with E-state index < -0.39 is 0 Å². The Labute approximate surface area is 94.4 Å². The van der Waals surface area contributed by atoms with Crippen molar-refractivity contribution < 1.29 is 4.79 Å². The molecule has 6 heteroatoms. The Bertz CT molecular complexity index is 318. The quantitative estimate of drug-likeness (QED) is 0.608. The van der Waals surface area contributed by atoms with E-state index in [-0.39, 0.29) is 5.91 Å². The summed E-state index contributed by atoms with van der Waals surface area (Å²) in [6.07, 6.45) is 3.32. The molecule has 3 N–H and O–H groups in total. The molecular weight excluding hydrogens is 206 g/mol. The number of nitrogens with zero attached hydrogens (tertiary/aromatic N) is 2. The van der Waals surface area contributed by atoms with Crippen LogP contribution in [0.15, 0.2) is 12.5 Å². The smallest absolute Gasteiger partial charge is 0.234 e. The fourth-order valence-corrected chi connectivity index (χ4v) is 1.70. The standard InChI is InChI=1S/C10H17N5O/c16-10(7-15-3-1-11-2-4-15)13-6-9-5-12-8-14-9/h5,8,11H,1-4,6-7H2,(H,12,14)(H,13,16). The lowest BCUT2D eigenvalue weighted by Crippen LogP contribution is -2.47. The Morgan fingerprint density at radius 2 is 2.31 bits per heavy atom. The lowest BCUT2D eigenvalue weighted by molar-refractivity contribution is -0.122. The third-order valence-corrected chi connectivity index (χ3v) is 2.61. The van der Waals surface area contributed by atoms with Crippen LogP contribution < -0.4 is 10.6 Å². The zero-order valence-corrected chi connectivity index (χ0v) is 9.20. The summed E-state index contributed by atoms with van der Waals surface area (Å²) in [5.41, 5.74) is 0.925. The first kappa shape index (κ1) is 11.1. The first-order valence-corrected chi connectivity index (χ1v) is 5.51. The Balaban J connectivity index is 1.67. The van der Waals surface area contributed by atoms with Gasteiger partial charge in [0.2, 0.25) is 5.91 Å². The highest BCUT2D eigenvalue weighted by molar-refractivity contribution is 5.77. The van der Waals surface area contributed by atoms with Gasteiger partial charge in [-0.1, -0.05) is 0 Å². The number of H-pyrrole nitrogens is 1. The number of piperazine rings is 1. The molecule has 1 amide bonds. The van der Waals surface area contributed by atoms with Crippen molar-refractivity contribution in [3.63, 3.8) is 0 Å². The molecule has 88 valence electrons. The van der Waals surface area contributed by atoms with Gasteiger partial charge in [-0.15, -0.1) is 0 Å². The fraction of sp³-hybridized carbons (Fsp3) is 0.600. The van der Waals surface area contributed by atoms with Crippen LogP contribution >= 0.6 is 0 Å². The van der Waals surface area contributed by atoms with Crippen LogP contribution in [0.3, 0.4) is 0 Å². The molecule has 1 aliphatic heterocycles. The average Bonchev–Trinajstić information content (AvgIpc) is 2.81. The Kier molecular flexibility index (Phi) is 3.90.